The molecule has 1 aromatic carbocycles. The fraction of sp³-hybridized carbons (Fsp3) is 0.520. The van der Waals surface area contributed by atoms with Gasteiger partial charge in [-0.15, -0.1) is 0 Å². The molecule has 0 bridgehead atoms. The second-order valence-electron chi connectivity index (χ2n) is 9.60. The molecule has 2 aromatic heterocycles. The Balaban J connectivity index is 1.28. The average molecular weight is 514 g/mol. The summed E-state index contributed by atoms with van der Waals surface area (Å²) in [5, 5.41) is 3.39. The zero-order valence-electron chi connectivity index (χ0n) is 20.4. The van der Waals surface area contributed by atoms with Crippen molar-refractivity contribution in [3.05, 3.63) is 36.2 Å². The van der Waals surface area contributed by atoms with Crippen molar-refractivity contribution in [1.29, 1.82) is 0 Å². The number of alkyl halides is 2. The minimum absolute atomic E-state index is 0.00264. The predicted molar refractivity (Wildman–Crippen MR) is 132 cm³/mol. The van der Waals surface area contributed by atoms with Gasteiger partial charge in [0.1, 0.15) is 11.6 Å². The second kappa shape index (κ2) is 10.2. The fourth-order valence-corrected chi connectivity index (χ4v) is 5.10. The van der Waals surface area contributed by atoms with Crippen LogP contribution in [-0.2, 0) is 14.3 Å². The van der Waals surface area contributed by atoms with Crippen molar-refractivity contribution in [2.75, 3.05) is 62.8 Å². The monoisotopic (exact) mass is 513 g/mol. The Hall–Kier alpha value is -3.38. The maximum atomic E-state index is 14.0. The highest BCUT2D eigenvalue weighted by atomic mass is 19.3. The number of rotatable bonds is 6. The van der Waals surface area contributed by atoms with E-state index in [4.69, 9.17) is 14.5 Å². The number of anilines is 2. The molecule has 12 heteroatoms. The smallest absolute Gasteiger partial charge is 0.296 e. The lowest BCUT2D eigenvalue weighted by atomic mass is 9.98. The molecule has 3 aromatic rings. The van der Waals surface area contributed by atoms with Gasteiger partial charge in [0.05, 0.1) is 42.8 Å². The van der Waals surface area contributed by atoms with E-state index in [1.165, 1.54) is 4.57 Å². The Morgan fingerprint density at radius 2 is 1.86 bits per heavy atom. The first-order chi connectivity index (χ1) is 18.1. The number of amides is 1. The molecule has 0 aliphatic carbocycles. The summed E-state index contributed by atoms with van der Waals surface area (Å²) in [5.41, 5.74) is 1.02. The number of para-hydroxylation sites is 2. The first-order valence-corrected chi connectivity index (χ1v) is 12.7. The van der Waals surface area contributed by atoms with Gasteiger partial charge in [0.2, 0.25) is 11.9 Å². The maximum absolute atomic E-state index is 14.0. The molecule has 3 aliphatic rings. The predicted octanol–water partition coefficient (Wildman–Crippen LogP) is 2.64. The number of imidazole rings is 1. The molecule has 1 unspecified atom stereocenters. The van der Waals surface area contributed by atoms with Crippen molar-refractivity contribution in [3.8, 4) is 5.82 Å². The molecular formula is C25H29F2N7O3. The number of nitrogens with zero attached hydrogens (tertiary/aromatic N) is 6. The van der Waals surface area contributed by atoms with Crippen LogP contribution in [0, 0.1) is 5.92 Å². The lowest BCUT2D eigenvalue weighted by Gasteiger charge is -2.42. The Morgan fingerprint density at radius 1 is 1.05 bits per heavy atom. The molecule has 1 N–H and O–H groups in total. The van der Waals surface area contributed by atoms with Gasteiger partial charge in [0.15, 0.2) is 5.82 Å². The highest BCUT2D eigenvalue weighted by molar-refractivity contribution is 5.80. The molecule has 1 amide bonds. The molecule has 3 saturated heterocycles. The van der Waals surface area contributed by atoms with Gasteiger partial charge in [0.25, 0.3) is 6.43 Å². The first-order valence-electron chi connectivity index (χ1n) is 12.7. The van der Waals surface area contributed by atoms with Gasteiger partial charge in [0, 0.05) is 38.9 Å². The molecule has 3 aliphatic heterocycles. The van der Waals surface area contributed by atoms with E-state index in [1.54, 1.807) is 30.3 Å². The van der Waals surface area contributed by atoms with Crippen LogP contribution >= 0.6 is 0 Å². The molecule has 3 fully saturated rings. The van der Waals surface area contributed by atoms with Crippen molar-refractivity contribution in [3.63, 3.8) is 0 Å². The van der Waals surface area contributed by atoms with Gasteiger partial charge in [-0.2, -0.15) is 9.97 Å². The lowest BCUT2D eigenvalue weighted by molar-refractivity contribution is -0.143. The third-order valence-corrected chi connectivity index (χ3v) is 7.06. The van der Waals surface area contributed by atoms with Gasteiger partial charge >= 0.3 is 0 Å². The van der Waals surface area contributed by atoms with E-state index < -0.39 is 6.43 Å². The maximum Gasteiger partial charge on any atom is 0.296 e. The number of carbonyl (C=O) groups excluding carboxylic acids is 1. The van der Waals surface area contributed by atoms with Crippen molar-refractivity contribution < 1.29 is 23.0 Å². The summed E-state index contributed by atoms with van der Waals surface area (Å²) in [5.74, 6) is 0.955. The molecular weight excluding hydrogens is 484 g/mol. The number of benzene rings is 1. The molecule has 5 heterocycles. The van der Waals surface area contributed by atoms with Crippen LogP contribution in [0.4, 0.5) is 20.5 Å². The second-order valence-corrected chi connectivity index (χ2v) is 9.60. The largest absolute Gasteiger partial charge is 0.381 e. The van der Waals surface area contributed by atoms with Crippen molar-refractivity contribution in [2.24, 2.45) is 5.92 Å². The van der Waals surface area contributed by atoms with E-state index in [1.807, 2.05) is 9.80 Å². The number of hydrogen-bond donors (Lipinski definition) is 1. The summed E-state index contributed by atoms with van der Waals surface area (Å²) in [6.07, 6.45) is -1.01. The molecule has 0 spiro atoms. The Morgan fingerprint density at radius 3 is 2.62 bits per heavy atom. The molecule has 1 atom stereocenters. The minimum atomic E-state index is -2.78. The number of ether oxygens (including phenoxy) is 2. The van der Waals surface area contributed by atoms with Crippen molar-refractivity contribution in [1.82, 2.24) is 24.4 Å². The van der Waals surface area contributed by atoms with E-state index in [-0.39, 0.29) is 23.7 Å². The van der Waals surface area contributed by atoms with E-state index in [9.17, 15) is 13.6 Å². The van der Waals surface area contributed by atoms with E-state index >= 15 is 0 Å². The third-order valence-electron chi connectivity index (χ3n) is 7.06. The van der Waals surface area contributed by atoms with Crippen LogP contribution in [0.5, 0.6) is 0 Å². The lowest BCUT2D eigenvalue weighted by Crippen LogP contribution is -2.59. The van der Waals surface area contributed by atoms with Crippen molar-refractivity contribution in [2.45, 2.75) is 25.3 Å². The van der Waals surface area contributed by atoms with Crippen LogP contribution < -0.4 is 10.2 Å². The summed E-state index contributed by atoms with van der Waals surface area (Å²) in [7, 11) is 0. The summed E-state index contributed by atoms with van der Waals surface area (Å²) < 4.78 is 40.4. The van der Waals surface area contributed by atoms with Gasteiger partial charge in [-0.3, -0.25) is 9.36 Å². The summed E-state index contributed by atoms with van der Waals surface area (Å²) in [4.78, 5) is 30.1. The van der Waals surface area contributed by atoms with Crippen LogP contribution in [0.25, 0.3) is 16.9 Å². The minimum Gasteiger partial charge on any atom is -0.381 e. The van der Waals surface area contributed by atoms with Gasteiger partial charge < -0.3 is 24.6 Å². The highest BCUT2D eigenvalue weighted by Gasteiger charge is 2.35. The number of nitrogens with one attached hydrogen (secondary N) is 1. The Labute approximate surface area is 212 Å². The summed E-state index contributed by atoms with van der Waals surface area (Å²) >= 11 is 0. The van der Waals surface area contributed by atoms with E-state index in [0.29, 0.717) is 74.6 Å². The topological polar surface area (TPSA) is 97.6 Å². The van der Waals surface area contributed by atoms with Crippen LogP contribution in [0.1, 0.15) is 25.1 Å². The van der Waals surface area contributed by atoms with Crippen LogP contribution in [0.15, 0.2) is 30.3 Å². The number of morpholine rings is 1. The molecule has 37 heavy (non-hydrogen) atoms. The van der Waals surface area contributed by atoms with Crippen LogP contribution in [0.2, 0.25) is 0 Å². The van der Waals surface area contributed by atoms with E-state index in [0.717, 1.165) is 19.4 Å². The molecule has 10 nitrogen and oxygen atoms in total. The van der Waals surface area contributed by atoms with Gasteiger partial charge in [-0.1, -0.05) is 12.1 Å². The number of likely N-dealkylation sites (tertiary alicyclic amines) is 1. The summed E-state index contributed by atoms with van der Waals surface area (Å²) in [6, 6.07) is 8.69. The molecule has 0 saturated carbocycles. The Bertz CT molecular complexity index is 1270. The fourth-order valence-electron chi connectivity index (χ4n) is 5.10. The number of halogens is 2. The molecule has 6 rings (SSSR count). The number of aromatic nitrogens is 4. The summed E-state index contributed by atoms with van der Waals surface area (Å²) in [6.45, 7) is 4.59. The van der Waals surface area contributed by atoms with E-state index in [2.05, 4.69) is 15.3 Å². The number of hydrogen-bond acceptors (Lipinski definition) is 8. The highest BCUT2D eigenvalue weighted by Crippen LogP contribution is 2.30. The van der Waals surface area contributed by atoms with Crippen molar-refractivity contribution >= 4 is 28.7 Å². The zero-order chi connectivity index (χ0) is 25.4. The van der Waals surface area contributed by atoms with Gasteiger partial charge in [-0.05, 0) is 25.0 Å². The zero-order valence-corrected chi connectivity index (χ0v) is 20.4. The third kappa shape index (κ3) is 4.82. The van der Waals surface area contributed by atoms with Crippen LogP contribution in [-0.4, -0.2) is 89.0 Å². The molecule has 0 radical (unpaired) electrons. The standard InChI is InChI=1S/C25H29F2N7O3/c26-22(27)23-29-18-5-1-2-6-19(18)34(23)21-12-20(30-25(31-21)32-7-10-36-11-8-32)28-17-13-33(14-17)24(35)16-4-3-9-37-15-16/h1-2,5-6,12,16-17,22H,3-4,7-11,13-15H2,(H,28,30,31). The van der Waals surface area contributed by atoms with Gasteiger partial charge in [-0.25, -0.2) is 13.8 Å². The number of carbonyl (C=O) groups is 1. The SMILES string of the molecule is O=C(C1CCCOC1)N1CC(Nc2cc(-n3c(C(F)F)nc4ccccc43)nc(N3CCOCC3)n2)C1. The van der Waals surface area contributed by atoms with Crippen LogP contribution in [0.3, 0.4) is 0 Å². The Kier molecular flexibility index (Phi) is 6.59. The normalized spacial score (nSPS) is 20.9. The number of fused-ring (bicyclic) bond motifs is 1. The first kappa shape index (κ1) is 24.0. The average Bonchev–Trinajstić information content (AvgIpc) is 3.31. The molecule has 196 valence electrons. The quantitative estimate of drug-likeness (QED) is 0.538.